The predicted molar refractivity (Wildman–Crippen MR) is 77.1 cm³/mol. The van der Waals surface area contributed by atoms with Crippen molar-refractivity contribution >= 4 is 11.8 Å². The molecule has 2 aromatic heterocycles. The number of nitrogens with two attached hydrogens (primary N) is 1. The zero-order chi connectivity index (χ0) is 15.7. The van der Waals surface area contributed by atoms with E-state index in [4.69, 9.17) is 10.2 Å². The molecule has 0 saturated heterocycles. The number of aromatic nitrogens is 2. The highest BCUT2D eigenvalue weighted by Crippen LogP contribution is 2.39. The van der Waals surface area contributed by atoms with E-state index < -0.39 is 5.91 Å². The second-order valence-electron chi connectivity index (χ2n) is 5.32. The van der Waals surface area contributed by atoms with Gasteiger partial charge in [-0.15, -0.1) is 0 Å². The normalized spacial score (nSPS) is 13.9. The summed E-state index contributed by atoms with van der Waals surface area (Å²) in [7, 11) is 0. The number of nitrogens with zero attached hydrogens (tertiary/aromatic N) is 2. The lowest BCUT2D eigenvalue weighted by Crippen LogP contribution is -2.24. The van der Waals surface area contributed by atoms with Gasteiger partial charge in [-0.05, 0) is 31.9 Å². The molecule has 3 N–H and O–H groups in total. The van der Waals surface area contributed by atoms with E-state index >= 15 is 0 Å². The van der Waals surface area contributed by atoms with Crippen LogP contribution in [0.3, 0.4) is 0 Å². The van der Waals surface area contributed by atoms with Crippen molar-refractivity contribution in [3.05, 3.63) is 46.9 Å². The number of aryl methyl sites for hydroxylation is 1. The molecule has 0 bridgehead atoms. The van der Waals surface area contributed by atoms with Crippen LogP contribution in [0.1, 0.15) is 56.9 Å². The van der Waals surface area contributed by atoms with Gasteiger partial charge in [-0.25, -0.2) is 4.98 Å². The zero-order valence-corrected chi connectivity index (χ0v) is 12.1. The van der Waals surface area contributed by atoms with Crippen molar-refractivity contribution in [3.8, 4) is 0 Å². The number of hydrogen-bond acceptors (Lipinski definition) is 5. The standard InChI is InChI=1S/C15H16N4O3/c1-8-10(4-5-11(18-8)9-2-3-9)15(21)17-6-13-19-12(7-22-13)14(16)20/h4-5,7,9H,2-3,6H2,1H3,(H2,16,20)(H,17,21). The lowest BCUT2D eigenvalue weighted by atomic mass is 10.1. The van der Waals surface area contributed by atoms with E-state index in [0.717, 1.165) is 5.69 Å². The Labute approximate surface area is 126 Å². The zero-order valence-electron chi connectivity index (χ0n) is 12.1. The highest BCUT2D eigenvalue weighted by Gasteiger charge is 2.25. The summed E-state index contributed by atoms with van der Waals surface area (Å²) in [5.41, 5.74) is 7.39. The topological polar surface area (TPSA) is 111 Å². The predicted octanol–water partition coefficient (Wildman–Crippen LogP) is 1.28. The molecule has 0 atom stereocenters. The van der Waals surface area contributed by atoms with Crippen molar-refractivity contribution in [2.24, 2.45) is 5.73 Å². The lowest BCUT2D eigenvalue weighted by molar-refractivity contribution is 0.0945. The summed E-state index contributed by atoms with van der Waals surface area (Å²) >= 11 is 0. The van der Waals surface area contributed by atoms with E-state index in [9.17, 15) is 9.59 Å². The number of hydrogen-bond donors (Lipinski definition) is 2. The minimum atomic E-state index is -0.669. The van der Waals surface area contributed by atoms with E-state index in [1.807, 2.05) is 13.0 Å². The number of nitrogens with one attached hydrogen (secondary N) is 1. The van der Waals surface area contributed by atoms with Crippen molar-refractivity contribution < 1.29 is 14.0 Å². The molecular weight excluding hydrogens is 284 g/mol. The molecule has 0 aromatic carbocycles. The Hall–Kier alpha value is -2.70. The summed E-state index contributed by atoms with van der Waals surface area (Å²) in [5, 5.41) is 2.69. The molecule has 3 rings (SSSR count). The smallest absolute Gasteiger partial charge is 0.270 e. The van der Waals surface area contributed by atoms with Crippen molar-refractivity contribution in [3.63, 3.8) is 0 Å². The van der Waals surface area contributed by atoms with Gasteiger partial charge in [-0.2, -0.15) is 0 Å². The molecule has 0 unspecified atom stereocenters. The Kier molecular flexibility index (Phi) is 3.62. The average molecular weight is 300 g/mol. The molecule has 2 aromatic rings. The number of amides is 2. The third kappa shape index (κ3) is 2.98. The number of carbonyl (C=O) groups is 2. The van der Waals surface area contributed by atoms with Crippen LogP contribution in [0.4, 0.5) is 0 Å². The fourth-order valence-corrected chi connectivity index (χ4v) is 2.18. The van der Waals surface area contributed by atoms with Gasteiger partial charge in [0.05, 0.1) is 17.8 Å². The van der Waals surface area contributed by atoms with Crippen molar-refractivity contribution in [1.29, 1.82) is 0 Å². The second-order valence-corrected chi connectivity index (χ2v) is 5.32. The Morgan fingerprint density at radius 2 is 2.14 bits per heavy atom. The quantitative estimate of drug-likeness (QED) is 0.864. The van der Waals surface area contributed by atoms with Crippen LogP contribution in [0.25, 0.3) is 0 Å². The molecule has 2 heterocycles. The Morgan fingerprint density at radius 1 is 1.36 bits per heavy atom. The maximum atomic E-state index is 12.2. The van der Waals surface area contributed by atoms with Crippen LogP contribution in [0.2, 0.25) is 0 Å². The molecule has 0 radical (unpaired) electrons. The molecule has 1 fully saturated rings. The van der Waals surface area contributed by atoms with Gasteiger partial charge in [0, 0.05) is 11.6 Å². The molecule has 22 heavy (non-hydrogen) atoms. The van der Waals surface area contributed by atoms with Gasteiger partial charge in [-0.3, -0.25) is 14.6 Å². The summed E-state index contributed by atoms with van der Waals surface area (Å²) in [6.07, 6.45) is 3.51. The molecule has 114 valence electrons. The Bertz CT molecular complexity index is 734. The molecule has 7 nitrogen and oxygen atoms in total. The third-order valence-corrected chi connectivity index (χ3v) is 3.55. The summed E-state index contributed by atoms with van der Waals surface area (Å²) in [6.45, 7) is 1.90. The van der Waals surface area contributed by atoms with Crippen molar-refractivity contribution in [2.75, 3.05) is 0 Å². The fraction of sp³-hybridized carbons (Fsp3) is 0.333. The van der Waals surface area contributed by atoms with Crippen LogP contribution in [-0.2, 0) is 6.54 Å². The summed E-state index contributed by atoms with van der Waals surface area (Å²) < 4.78 is 5.06. The van der Waals surface area contributed by atoms with Gasteiger partial charge < -0.3 is 15.5 Å². The summed E-state index contributed by atoms with van der Waals surface area (Å²) in [4.78, 5) is 31.4. The first kappa shape index (κ1) is 14.2. The third-order valence-electron chi connectivity index (χ3n) is 3.55. The SMILES string of the molecule is Cc1nc(C2CC2)ccc1C(=O)NCc1nc(C(N)=O)co1. The fourth-order valence-electron chi connectivity index (χ4n) is 2.18. The van der Waals surface area contributed by atoms with Gasteiger partial charge in [0.1, 0.15) is 6.26 Å². The number of oxazole rings is 1. The van der Waals surface area contributed by atoms with E-state index in [0.29, 0.717) is 17.2 Å². The van der Waals surface area contributed by atoms with Gasteiger partial charge in [0.25, 0.3) is 11.8 Å². The minimum absolute atomic E-state index is 0.0379. The molecule has 2 amide bonds. The number of pyridine rings is 1. The first-order chi connectivity index (χ1) is 10.5. The number of carbonyl (C=O) groups excluding carboxylic acids is 2. The first-order valence-corrected chi connectivity index (χ1v) is 7.04. The minimum Gasteiger partial charge on any atom is -0.446 e. The van der Waals surface area contributed by atoms with Crippen LogP contribution in [0, 0.1) is 6.92 Å². The molecule has 0 spiro atoms. The molecule has 0 aliphatic heterocycles. The molecule has 1 aliphatic carbocycles. The Balaban J connectivity index is 1.64. The monoisotopic (exact) mass is 300 g/mol. The van der Waals surface area contributed by atoms with Crippen LogP contribution < -0.4 is 11.1 Å². The van der Waals surface area contributed by atoms with E-state index in [2.05, 4.69) is 15.3 Å². The molecule has 1 aliphatic rings. The van der Waals surface area contributed by atoms with Crippen LogP contribution >= 0.6 is 0 Å². The molecular formula is C15H16N4O3. The summed E-state index contributed by atoms with van der Waals surface area (Å²) in [6, 6.07) is 3.69. The van der Waals surface area contributed by atoms with Crippen molar-refractivity contribution in [2.45, 2.75) is 32.2 Å². The maximum Gasteiger partial charge on any atom is 0.270 e. The first-order valence-electron chi connectivity index (χ1n) is 7.04. The van der Waals surface area contributed by atoms with E-state index in [-0.39, 0.29) is 24.0 Å². The van der Waals surface area contributed by atoms with Gasteiger partial charge >= 0.3 is 0 Å². The van der Waals surface area contributed by atoms with Crippen LogP contribution in [0.5, 0.6) is 0 Å². The van der Waals surface area contributed by atoms with Crippen LogP contribution in [0.15, 0.2) is 22.8 Å². The highest BCUT2D eigenvalue weighted by atomic mass is 16.3. The maximum absolute atomic E-state index is 12.2. The van der Waals surface area contributed by atoms with Gasteiger partial charge in [0.15, 0.2) is 5.69 Å². The van der Waals surface area contributed by atoms with E-state index in [1.165, 1.54) is 19.1 Å². The van der Waals surface area contributed by atoms with Gasteiger partial charge in [-0.1, -0.05) is 0 Å². The molecule has 1 saturated carbocycles. The van der Waals surface area contributed by atoms with Crippen LogP contribution in [-0.4, -0.2) is 21.8 Å². The summed E-state index contributed by atoms with van der Waals surface area (Å²) in [5.74, 6) is -0.152. The largest absolute Gasteiger partial charge is 0.446 e. The average Bonchev–Trinajstić information content (AvgIpc) is 3.22. The number of primary amides is 1. The lowest BCUT2D eigenvalue weighted by Gasteiger charge is -2.07. The molecule has 7 heteroatoms. The van der Waals surface area contributed by atoms with Crippen molar-refractivity contribution in [1.82, 2.24) is 15.3 Å². The second kappa shape index (κ2) is 5.59. The number of rotatable bonds is 5. The highest BCUT2D eigenvalue weighted by molar-refractivity contribution is 5.95. The van der Waals surface area contributed by atoms with Gasteiger partial charge in [0.2, 0.25) is 5.89 Å². The Morgan fingerprint density at radius 3 is 2.73 bits per heavy atom. The van der Waals surface area contributed by atoms with E-state index in [1.54, 1.807) is 6.07 Å².